The van der Waals surface area contributed by atoms with Gasteiger partial charge in [0.25, 0.3) is 0 Å². The Hall–Kier alpha value is 0.260. The van der Waals surface area contributed by atoms with Gasteiger partial charge in [0, 0.05) is 0 Å². The standard InChI is InChI=1S/C6H13NO2S2/c1-6(2,3)5-7-11(9)4-10(5)8/h5,7H,4H2,1-3H3. The summed E-state index contributed by atoms with van der Waals surface area (Å²) in [5, 5.41) is 0.158. The van der Waals surface area contributed by atoms with Gasteiger partial charge >= 0.3 is 0 Å². The van der Waals surface area contributed by atoms with Crippen LogP contribution >= 0.6 is 0 Å². The molecule has 1 saturated heterocycles. The van der Waals surface area contributed by atoms with E-state index in [4.69, 9.17) is 0 Å². The second-order valence-corrected chi connectivity index (χ2v) is 6.81. The first-order valence-corrected chi connectivity index (χ1v) is 6.13. The molecule has 0 aromatic heterocycles. The molecule has 3 nitrogen and oxygen atoms in total. The molecule has 0 amide bonds. The molecule has 0 aromatic carbocycles. The summed E-state index contributed by atoms with van der Waals surface area (Å²) in [5.74, 6) is 0. The van der Waals surface area contributed by atoms with Crippen LogP contribution in [0.2, 0.25) is 0 Å². The normalized spacial score (nSPS) is 39.4. The van der Waals surface area contributed by atoms with Crippen LogP contribution in [-0.2, 0) is 21.8 Å². The molecule has 66 valence electrons. The summed E-state index contributed by atoms with van der Waals surface area (Å²) >= 11 is 0. The van der Waals surface area contributed by atoms with Gasteiger partial charge < -0.3 is 0 Å². The largest absolute Gasteiger partial charge is 0.257 e. The van der Waals surface area contributed by atoms with Gasteiger partial charge in [-0.3, -0.25) is 4.21 Å². The zero-order valence-corrected chi connectivity index (χ0v) is 8.55. The third-order valence-corrected chi connectivity index (χ3v) is 5.30. The first-order chi connectivity index (χ1) is 4.91. The maximum atomic E-state index is 11.3. The molecule has 3 unspecified atom stereocenters. The number of rotatable bonds is 0. The van der Waals surface area contributed by atoms with Gasteiger partial charge in [0.2, 0.25) is 0 Å². The maximum Gasteiger partial charge on any atom is 0.115 e. The fourth-order valence-corrected chi connectivity index (χ4v) is 4.74. The van der Waals surface area contributed by atoms with E-state index in [9.17, 15) is 8.42 Å². The highest BCUT2D eigenvalue weighted by molar-refractivity contribution is 8.04. The molecule has 1 rings (SSSR count). The second kappa shape index (κ2) is 2.95. The predicted molar refractivity (Wildman–Crippen MR) is 47.5 cm³/mol. The lowest BCUT2D eigenvalue weighted by Gasteiger charge is -2.24. The van der Waals surface area contributed by atoms with Crippen LogP contribution in [0.5, 0.6) is 0 Å². The lowest BCUT2D eigenvalue weighted by molar-refractivity contribution is 0.380. The van der Waals surface area contributed by atoms with Crippen LogP contribution in [-0.4, -0.2) is 18.9 Å². The Kier molecular flexibility index (Phi) is 2.51. The Morgan fingerprint density at radius 2 is 1.91 bits per heavy atom. The second-order valence-electron chi connectivity index (χ2n) is 3.71. The third-order valence-electron chi connectivity index (χ3n) is 1.51. The Morgan fingerprint density at radius 3 is 2.09 bits per heavy atom. The molecular weight excluding hydrogens is 182 g/mol. The molecule has 0 saturated carbocycles. The molecule has 1 N–H and O–H groups in total. The molecule has 3 atom stereocenters. The van der Waals surface area contributed by atoms with Crippen molar-refractivity contribution < 1.29 is 8.42 Å². The topological polar surface area (TPSA) is 46.2 Å². The number of hydrogen-bond donors (Lipinski definition) is 1. The van der Waals surface area contributed by atoms with E-state index in [0.29, 0.717) is 0 Å². The van der Waals surface area contributed by atoms with Crippen molar-refractivity contribution in [3.05, 3.63) is 0 Å². The SMILES string of the molecule is CC(C)(C)C1NS(=O)CS1=O. The highest BCUT2D eigenvalue weighted by atomic mass is 32.3. The molecule has 1 heterocycles. The van der Waals surface area contributed by atoms with Crippen LogP contribution in [0.15, 0.2) is 0 Å². The zero-order valence-electron chi connectivity index (χ0n) is 6.92. The first-order valence-electron chi connectivity index (χ1n) is 3.43. The van der Waals surface area contributed by atoms with Crippen molar-refractivity contribution in [1.82, 2.24) is 4.72 Å². The Balaban J connectivity index is 2.76. The molecule has 0 bridgehead atoms. The number of hydrogen-bond acceptors (Lipinski definition) is 2. The maximum absolute atomic E-state index is 11.3. The van der Waals surface area contributed by atoms with Crippen LogP contribution in [0.4, 0.5) is 0 Å². The molecule has 0 aromatic rings. The van der Waals surface area contributed by atoms with E-state index in [1.807, 2.05) is 20.8 Å². The van der Waals surface area contributed by atoms with Crippen molar-refractivity contribution >= 4 is 21.8 Å². The first kappa shape index (κ1) is 9.35. The fraction of sp³-hybridized carbons (Fsp3) is 1.00. The van der Waals surface area contributed by atoms with E-state index in [1.54, 1.807) is 0 Å². The average molecular weight is 195 g/mol. The summed E-state index contributed by atoms with van der Waals surface area (Å²) < 4.78 is 25.0. The van der Waals surface area contributed by atoms with Crippen molar-refractivity contribution in [2.24, 2.45) is 5.41 Å². The van der Waals surface area contributed by atoms with E-state index in [0.717, 1.165) is 0 Å². The lowest BCUT2D eigenvalue weighted by Crippen LogP contribution is -2.37. The number of nitrogens with one attached hydrogen (secondary N) is 1. The molecule has 5 heteroatoms. The smallest absolute Gasteiger partial charge is 0.115 e. The Bertz CT molecular complexity index is 209. The highest BCUT2D eigenvalue weighted by Gasteiger charge is 2.37. The van der Waals surface area contributed by atoms with Crippen LogP contribution in [0, 0.1) is 5.41 Å². The average Bonchev–Trinajstić information content (AvgIpc) is 2.08. The molecule has 1 aliphatic rings. The quantitative estimate of drug-likeness (QED) is 0.605. The van der Waals surface area contributed by atoms with Gasteiger partial charge in [-0.25, -0.2) is 8.93 Å². The summed E-state index contributed by atoms with van der Waals surface area (Å²) in [6.07, 6.45) is 0. The minimum absolute atomic E-state index is 0.0724. The lowest BCUT2D eigenvalue weighted by atomic mass is 9.97. The summed E-state index contributed by atoms with van der Waals surface area (Å²) in [6, 6.07) is 0. The molecule has 0 spiro atoms. The Labute approximate surface area is 72.0 Å². The fourth-order valence-electron chi connectivity index (χ4n) is 0.952. The summed E-state index contributed by atoms with van der Waals surface area (Å²) in [5.41, 5.74) is -0.0724. The van der Waals surface area contributed by atoms with Crippen molar-refractivity contribution in [3.8, 4) is 0 Å². The van der Waals surface area contributed by atoms with Crippen LogP contribution in [0.25, 0.3) is 0 Å². The molecule has 0 radical (unpaired) electrons. The van der Waals surface area contributed by atoms with Crippen molar-refractivity contribution in [3.63, 3.8) is 0 Å². The molecule has 1 fully saturated rings. The monoisotopic (exact) mass is 195 g/mol. The van der Waals surface area contributed by atoms with E-state index in [-0.39, 0.29) is 15.9 Å². The highest BCUT2D eigenvalue weighted by Crippen LogP contribution is 2.25. The zero-order chi connectivity index (χ0) is 8.65. The molecule has 1 aliphatic heterocycles. The summed E-state index contributed by atoms with van der Waals surface area (Å²) in [4.78, 5) is 0. The van der Waals surface area contributed by atoms with Crippen molar-refractivity contribution in [1.29, 1.82) is 0 Å². The molecule has 11 heavy (non-hydrogen) atoms. The van der Waals surface area contributed by atoms with Gasteiger partial charge in [-0.1, -0.05) is 20.8 Å². The van der Waals surface area contributed by atoms with Gasteiger partial charge in [-0.2, -0.15) is 0 Å². The van der Waals surface area contributed by atoms with Crippen LogP contribution in [0.3, 0.4) is 0 Å². The predicted octanol–water partition coefficient (Wildman–Crippen LogP) is 0.332. The molecule has 0 aliphatic carbocycles. The molecular formula is C6H13NO2S2. The van der Waals surface area contributed by atoms with E-state index < -0.39 is 21.8 Å². The van der Waals surface area contributed by atoms with Crippen LogP contribution < -0.4 is 4.72 Å². The van der Waals surface area contributed by atoms with Gasteiger partial charge in [0.15, 0.2) is 0 Å². The van der Waals surface area contributed by atoms with Gasteiger partial charge in [0.1, 0.15) is 21.4 Å². The van der Waals surface area contributed by atoms with E-state index >= 15 is 0 Å². The van der Waals surface area contributed by atoms with Crippen LogP contribution in [0.1, 0.15) is 20.8 Å². The van der Waals surface area contributed by atoms with E-state index in [1.165, 1.54) is 0 Å². The summed E-state index contributed by atoms with van der Waals surface area (Å²) in [6.45, 7) is 5.97. The van der Waals surface area contributed by atoms with E-state index in [2.05, 4.69) is 4.72 Å². The van der Waals surface area contributed by atoms with Crippen molar-refractivity contribution in [2.75, 3.05) is 5.08 Å². The Morgan fingerprint density at radius 1 is 1.36 bits per heavy atom. The third kappa shape index (κ3) is 2.10. The van der Waals surface area contributed by atoms with Gasteiger partial charge in [0.05, 0.1) is 10.8 Å². The minimum atomic E-state index is -1.08. The van der Waals surface area contributed by atoms with Gasteiger partial charge in [-0.15, -0.1) is 0 Å². The summed E-state index contributed by atoms with van der Waals surface area (Å²) in [7, 11) is -2.05. The minimum Gasteiger partial charge on any atom is -0.257 e. The van der Waals surface area contributed by atoms with Gasteiger partial charge in [-0.05, 0) is 5.41 Å². The van der Waals surface area contributed by atoms with Crippen molar-refractivity contribution in [2.45, 2.75) is 26.1 Å².